The van der Waals surface area contributed by atoms with Crippen LogP contribution in [-0.4, -0.2) is 71.9 Å². The SMILES string of the molecule is CN(C)CCN1C[C@H](C(=O)NCCc2nc3ccc(F)cc3[nH]2)CC1=O. The van der Waals surface area contributed by atoms with Crippen molar-refractivity contribution in [2.45, 2.75) is 12.8 Å². The molecule has 0 aliphatic carbocycles. The zero-order chi connectivity index (χ0) is 18.7. The monoisotopic (exact) mass is 361 g/mol. The molecular weight excluding hydrogens is 337 g/mol. The minimum Gasteiger partial charge on any atom is -0.355 e. The summed E-state index contributed by atoms with van der Waals surface area (Å²) in [5.74, 6) is 0.0142. The van der Waals surface area contributed by atoms with Crippen LogP contribution in [0.3, 0.4) is 0 Å². The van der Waals surface area contributed by atoms with E-state index in [1.807, 2.05) is 19.0 Å². The molecule has 8 heteroatoms. The van der Waals surface area contributed by atoms with Gasteiger partial charge in [0.15, 0.2) is 0 Å². The number of likely N-dealkylation sites (N-methyl/N-ethyl adjacent to an activating group) is 1. The molecule has 0 saturated carbocycles. The van der Waals surface area contributed by atoms with Crippen LogP contribution < -0.4 is 5.32 Å². The Balaban J connectivity index is 1.47. The number of fused-ring (bicyclic) bond motifs is 1. The second-order valence-electron chi connectivity index (χ2n) is 6.93. The highest BCUT2D eigenvalue weighted by atomic mass is 19.1. The van der Waals surface area contributed by atoms with E-state index in [2.05, 4.69) is 15.3 Å². The van der Waals surface area contributed by atoms with E-state index in [-0.39, 0.29) is 30.0 Å². The molecule has 1 aliphatic heterocycles. The Morgan fingerprint density at radius 1 is 1.46 bits per heavy atom. The normalized spacial score (nSPS) is 17.5. The molecule has 26 heavy (non-hydrogen) atoms. The van der Waals surface area contributed by atoms with Crippen molar-refractivity contribution in [3.63, 3.8) is 0 Å². The number of rotatable bonds is 7. The fraction of sp³-hybridized carbons (Fsp3) is 0.500. The molecule has 3 rings (SSSR count). The Bertz CT molecular complexity index is 804. The van der Waals surface area contributed by atoms with Gasteiger partial charge in [-0.25, -0.2) is 9.37 Å². The van der Waals surface area contributed by atoms with E-state index in [1.165, 1.54) is 12.1 Å². The number of amides is 2. The number of hydrogen-bond acceptors (Lipinski definition) is 4. The lowest BCUT2D eigenvalue weighted by molar-refractivity contribution is -0.129. The summed E-state index contributed by atoms with van der Waals surface area (Å²) in [5.41, 5.74) is 1.34. The zero-order valence-corrected chi connectivity index (χ0v) is 15.1. The summed E-state index contributed by atoms with van der Waals surface area (Å²) in [6.07, 6.45) is 0.788. The Morgan fingerprint density at radius 2 is 2.27 bits per heavy atom. The van der Waals surface area contributed by atoms with Crippen LogP contribution in [0.2, 0.25) is 0 Å². The van der Waals surface area contributed by atoms with Crippen LogP contribution in [-0.2, 0) is 16.0 Å². The van der Waals surface area contributed by atoms with Gasteiger partial charge in [0.1, 0.15) is 11.6 Å². The van der Waals surface area contributed by atoms with Gasteiger partial charge in [-0.15, -0.1) is 0 Å². The van der Waals surface area contributed by atoms with Gasteiger partial charge in [-0.3, -0.25) is 9.59 Å². The number of H-pyrrole nitrogens is 1. The highest BCUT2D eigenvalue weighted by Crippen LogP contribution is 2.18. The van der Waals surface area contributed by atoms with Gasteiger partial charge in [0, 0.05) is 39.0 Å². The number of nitrogens with zero attached hydrogens (tertiary/aromatic N) is 3. The smallest absolute Gasteiger partial charge is 0.225 e. The Labute approximate surface area is 151 Å². The number of hydrogen-bond donors (Lipinski definition) is 2. The molecule has 1 aliphatic rings. The molecule has 0 spiro atoms. The lowest BCUT2D eigenvalue weighted by atomic mass is 10.1. The Kier molecular flexibility index (Phi) is 5.51. The minimum absolute atomic E-state index is 0.0336. The quantitative estimate of drug-likeness (QED) is 0.763. The summed E-state index contributed by atoms with van der Waals surface area (Å²) in [6, 6.07) is 4.39. The molecule has 7 nitrogen and oxygen atoms in total. The molecule has 2 N–H and O–H groups in total. The van der Waals surface area contributed by atoms with Gasteiger partial charge in [0.2, 0.25) is 11.8 Å². The summed E-state index contributed by atoms with van der Waals surface area (Å²) in [6.45, 7) is 2.32. The first-order valence-corrected chi connectivity index (χ1v) is 8.77. The van der Waals surface area contributed by atoms with Crippen molar-refractivity contribution in [2.75, 3.05) is 40.3 Å². The number of aromatic amines is 1. The summed E-state index contributed by atoms with van der Waals surface area (Å²) < 4.78 is 13.2. The van der Waals surface area contributed by atoms with E-state index in [9.17, 15) is 14.0 Å². The lowest BCUT2D eigenvalue weighted by Gasteiger charge is -2.19. The standard InChI is InChI=1S/C18H24FN5O2/c1-23(2)7-8-24-11-12(9-17(24)25)18(26)20-6-5-16-21-14-4-3-13(19)10-15(14)22-16/h3-4,10,12H,5-9,11H2,1-2H3,(H,20,26)(H,21,22)/t12-/m1/s1. The highest BCUT2D eigenvalue weighted by Gasteiger charge is 2.33. The van der Waals surface area contributed by atoms with Crippen LogP contribution in [0.4, 0.5) is 4.39 Å². The van der Waals surface area contributed by atoms with E-state index >= 15 is 0 Å². The molecule has 0 bridgehead atoms. The number of carbonyl (C=O) groups is 2. The first-order valence-electron chi connectivity index (χ1n) is 8.77. The molecule has 1 fully saturated rings. The maximum Gasteiger partial charge on any atom is 0.225 e. The molecule has 140 valence electrons. The van der Waals surface area contributed by atoms with E-state index in [4.69, 9.17) is 0 Å². The molecular formula is C18H24FN5O2. The van der Waals surface area contributed by atoms with Crippen LogP contribution in [0.1, 0.15) is 12.2 Å². The second kappa shape index (κ2) is 7.82. The predicted octanol–water partition coefficient (Wildman–Crippen LogP) is 0.771. The number of benzene rings is 1. The van der Waals surface area contributed by atoms with Gasteiger partial charge in [0.25, 0.3) is 0 Å². The number of likely N-dealkylation sites (tertiary alicyclic amines) is 1. The Morgan fingerprint density at radius 3 is 3.04 bits per heavy atom. The summed E-state index contributed by atoms with van der Waals surface area (Å²) in [5, 5.41) is 2.87. The summed E-state index contributed by atoms with van der Waals surface area (Å²) >= 11 is 0. The Hall–Kier alpha value is -2.48. The van der Waals surface area contributed by atoms with Crippen molar-refractivity contribution < 1.29 is 14.0 Å². The maximum absolute atomic E-state index is 13.2. The molecule has 2 heterocycles. The average Bonchev–Trinajstić information content (AvgIpc) is 3.15. The first kappa shape index (κ1) is 18.3. The molecule has 2 amide bonds. The number of carbonyl (C=O) groups excluding carboxylic acids is 2. The topological polar surface area (TPSA) is 81.3 Å². The van der Waals surface area contributed by atoms with Crippen molar-refractivity contribution in [1.82, 2.24) is 25.1 Å². The largest absolute Gasteiger partial charge is 0.355 e. The van der Waals surface area contributed by atoms with Crippen molar-refractivity contribution in [1.29, 1.82) is 0 Å². The third-order valence-electron chi connectivity index (χ3n) is 4.56. The van der Waals surface area contributed by atoms with Crippen LogP contribution >= 0.6 is 0 Å². The number of halogens is 1. The van der Waals surface area contributed by atoms with E-state index in [0.717, 1.165) is 6.54 Å². The van der Waals surface area contributed by atoms with Gasteiger partial charge in [-0.05, 0) is 32.3 Å². The van der Waals surface area contributed by atoms with Gasteiger partial charge in [-0.1, -0.05) is 0 Å². The van der Waals surface area contributed by atoms with E-state index in [1.54, 1.807) is 11.0 Å². The third kappa shape index (κ3) is 4.37. The lowest BCUT2D eigenvalue weighted by Crippen LogP contribution is -2.36. The fourth-order valence-electron chi connectivity index (χ4n) is 3.09. The molecule has 0 radical (unpaired) electrons. The highest BCUT2D eigenvalue weighted by molar-refractivity contribution is 5.89. The van der Waals surface area contributed by atoms with Gasteiger partial charge >= 0.3 is 0 Å². The molecule has 1 saturated heterocycles. The molecule has 0 unspecified atom stereocenters. The summed E-state index contributed by atoms with van der Waals surface area (Å²) in [4.78, 5) is 35.5. The van der Waals surface area contributed by atoms with Crippen molar-refractivity contribution in [3.05, 3.63) is 29.8 Å². The summed E-state index contributed by atoms with van der Waals surface area (Å²) in [7, 11) is 3.91. The molecule has 1 aromatic carbocycles. The number of imidazole rings is 1. The average molecular weight is 361 g/mol. The van der Waals surface area contributed by atoms with Crippen molar-refractivity contribution in [3.8, 4) is 0 Å². The molecule has 1 atom stereocenters. The van der Waals surface area contributed by atoms with Crippen molar-refractivity contribution >= 4 is 22.8 Å². The molecule has 2 aromatic rings. The fourth-order valence-corrected chi connectivity index (χ4v) is 3.09. The van der Waals surface area contributed by atoms with E-state index in [0.29, 0.717) is 42.9 Å². The van der Waals surface area contributed by atoms with Gasteiger partial charge in [-0.2, -0.15) is 0 Å². The third-order valence-corrected chi connectivity index (χ3v) is 4.56. The number of aromatic nitrogens is 2. The van der Waals surface area contributed by atoms with Gasteiger partial charge in [0.05, 0.1) is 17.0 Å². The van der Waals surface area contributed by atoms with Crippen LogP contribution in [0.25, 0.3) is 11.0 Å². The minimum atomic E-state index is -0.314. The predicted molar refractivity (Wildman–Crippen MR) is 96.0 cm³/mol. The van der Waals surface area contributed by atoms with E-state index < -0.39 is 0 Å². The van der Waals surface area contributed by atoms with Crippen LogP contribution in [0.5, 0.6) is 0 Å². The van der Waals surface area contributed by atoms with Crippen molar-refractivity contribution in [2.24, 2.45) is 5.92 Å². The van der Waals surface area contributed by atoms with Crippen LogP contribution in [0.15, 0.2) is 18.2 Å². The maximum atomic E-state index is 13.2. The second-order valence-corrected chi connectivity index (χ2v) is 6.93. The number of nitrogens with one attached hydrogen (secondary N) is 2. The van der Waals surface area contributed by atoms with Crippen LogP contribution in [0, 0.1) is 11.7 Å². The first-order chi connectivity index (χ1) is 12.4. The van der Waals surface area contributed by atoms with Gasteiger partial charge < -0.3 is 20.1 Å². The zero-order valence-electron chi connectivity index (χ0n) is 15.1. The molecule has 1 aromatic heterocycles.